The number of benzene rings is 1. The lowest BCUT2D eigenvalue weighted by atomic mass is 10.2. The number of halogens is 6. The Morgan fingerprint density at radius 3 is 1.91 bits per heavy atom. The van der Waals surface area contributed by atoms with Crippen molar-refractivity contribution in [3.8, 4) is 0 Å². The molecule has 1 heterocycles. The molecule has 2 rings (SSSR count). The highest BCUT2D eigenvalue weighted by atomic mass is 35.6. The fraction of sp³-hybridized carbons (Fsp3) is 0.474. The predicted octanol–water partition coefficient (Wildman–Crippen LogP) is 4.56. The maximum absolute atomic E-state index is 12.3. The van der Waals surface area contributed by atoms with E-state index in [1.807, 2.05) is 0 Å². The summed E-state index contributed by atoms with van der Waals surface area (Å²) in [5, 5.41) is 2.24. The summed E-state index contributed by atoms with van der Waals surface area (Å²) in [6.07, 6.45) is -1.37. The highest BCUT2D eigenvalue weighted by molar-refractivity contribution is 6.77. The van der Waals surface area contributed by atoms with Gasteiger partial charge in [-0.3, -0.25) is 14.6 Å². The number of amidine groups is 2. The van der Waals surface area contributed by atoms with Crippen molar-refractivity contribution in [2.75, 3.05) is 26.3 Å². The van der Waals surface area contributed by atoms with Gasteiger partial charge in [-0.05, 0) is 13.8 Å². The standard InChI is InChI=1S/C19H20Cl6N4O4/c1-3-32-13(30)10-28(11-14(31)33-4-2)29-16(18(20,21)22)26-15(12-8-6-5-7-9-12)27-17(29)19(23,24)25/h5-9,16H,3-4,10-11H2,1-2H3. The Balaban J connectivity index is 2.64. The van der Waals surface area contributed by atoms with E-state index >= 15 is 0 Å². The van der Waals surface area contributed by atoms with E-state index in [9.17, 15) is 9.59 Å². The molecule has 0 aliphatic carbocycles. The van der Waals surface area contributed by atoms with Crippen molar-refractivity contribution >= 4 is 93.2 Å². The van der Waals surface area contributed by atoms with Crippen molar-refractivity contribution < 1.29 is 19.1 Å². The van der Waals surface area contributed by atoms with Crippen LogP contribution >= 0.6 is 69.6 Å². The van der Waals surface area contributed by atoms with Crippen molar-refractivity contribution in [2.24, 2.45) is 9.98 Å². The first-order valence-electron chi connectivity index (χ1n) is 9.59. The minimum atomic E-state index is -2.16. The number of hydrogen-bond acceptors (Lipinski definition) is 8. The molecule has 1 atom stereocenters. The molecule has 33 heavy (non-hydrogen) atoms. The smallest absolute Gasteiger partial charge is 0.322 e. The second-order valence-corrected chi connectivity index (χ2v) is 11.1. The molecule has 8 nitrogen and oxygen atoms in total. The van der Waals surface area contributed by atoms with Crippen LogP contribution in [0.3, 0.4) is 0 Å². The van der Waals surface area contributed by atoms with Gasteiger partial charge in [-0.1, -0.05) is 99.9 Å². The number of hydrazine groups is 1. The van der Waals surface area contributed by atoms with Crippen molar-refractivity contribution in [1.29, 1.82) is 0 Å². The molecule has 0 bridgehead atoms. The molecule has 1 aliphatic rings. The van der Waals surface area contributed by atoms with Crippen LogP contribution in [0.15, 0.2) is 40.3 Å². The molecule has 182 valence electrons. The third-order valence-corrected chi connectivity index (χ3v) is 5.11. The van der Waals surface area contributed by atoms with Crippen LogP contribution in [0.2, 0.25) is 0 Å². The minimum Gasteiger partial charge on any atom is -0.465 e. The number of hydrogen-bond donors (Lipinski definition) is 0. The summed E-state index contributed by atoms with van der Waals surface area (Å²) in [5.41, 5.74) is 0.561. The van der Waals surface area contributed by atoms with Gasteiger partial charge in [-0.25, -0.2) is 9.98 Å². The molecule has 1 aromatic rings. The molecule has 0 aromatic heterocycles. The maximum Gasteiger partial charge on any atom is 0.322 e. The fourth-order valence-corrected chi connectivity index (χ4v) is 3.62. The third kappa shape index (κ3) is 8.02. The summed E-state index contributed by atoms with van der Waals surface area (Å²) in [5.74, 6) is -1.50. The Bertz CT molecular complexity index is 882. The lowest BCUT2D eigenvalue weighted by Crippen LogP contribution is -2.62. The van der Waals surface area contributed by atoms with Gasteiger partial charge in [0.15, 0.2) is 17.8 Å². The van der Waals surface area contributed by atoms with Gasteiger partial charge in [0.05, 0.1) is 13.2 Å². The number of alkyl halides is 6. The molecule has 0 amide bonds. The first-order chi connectivity index (χ1) is 15.4. The number of ether oxygens (including phenoxy) is 2. The van der Waals surface area contributed by atoms with Gasteiger partial charge in [0.25, 0.3) is 0 Å². The Labute approximate surface area is 221 Å². The second kappa shape index (κ2) is 12.1. The Hall–Kier alpha value is -1.000. The number of nitrogens with zero attached hydrogens (tertiary/aromatic N) is 4. The SMILES string of the molecule is CCOC(=O)CN(CC(=O)OCC)N1C(C(Cl)(Cl)Cl)=NC(c2ccccc2)=NC1C(Cl)(Cl)Cl. The van der Waals surface area contributed by atoms with Gasteiger partial charge in [-0.15, -0.1) is 0 Å². The van der Waals surface area contributed by atoms with Gasteiger partial charge in [0, 0.05) is 5.56 Å². The highest BCUT2D eigenvalue weighted by Crippen LogP contribution is 2.41. The summed E-state index contributed by atoms with van der Waals surface area (Å²) in [6.45, 7) is 2.51. The molecule has 1 aliphatic heterocycles. The van der Waals surface area contributed by atoms with Gasteiger partial charge < -0.3 is 9.47 Å². The van der Waals surface area contributed by atoms with E-state index in [0.29, 0.717) is 5.56 Å². The van der Waals surface area contributed by atoms with Crippen LogP contribution in [0, 0.1) is 0 Å². The Morgan fingerprint density at radius 1 is 0.970 bits per heavy atom. The van der Waals surface area contributed by atoms with Crippen LogP contribution in [0.5, 0.6) is 0 Å². The zero-order valence-corrected chi connectivity index (χ0v) is 22.0. The van der Waals surface area contributed by atoms with Gasteiger partial charge in [0.1, 0.15) is 13.1 Å². The lowest BCUT2D eigenvalue weighted by Gasteiger charge is -2.45. The van der Waals surface area contributed by atoms with Gasteiger partial charge in [0.2, 0.25) is 7.59 Å². The molecule has 1 unspecified atom stereocenters. The average Bonchev–Trinajstić information content (AvgIpc) is 2.72. The molecule has 1 aromatic carbocycles. The monoisotopic (exact) mass is 578 g/mol. The first kappa shape index (κ1) is 28.2. The number of rotatable bonds is 8. The maximum atomic E-state index is 12.3. The molecule has 14 heteroatoms. The number of carbonyl (C=O) groups is 2. The molecule has 0 saturated heterocycles. The average molecular weight is 581 g/mol. The number of carbonyl (C=O) groups excluding carboxylic acids is 2. The zero-order chi connectivity index (χ0) is 24.8. The van der Waals surface area contributed by atoms with E-state index in [0.717, 1.165) is 10.0 Å². The topological polar surface area (TPSA) is 83.8 Å². The minimum absolute atomic E-state index is 0.0989. The predicted molar refractivity (Wildman–Crippen MR) is 131 cm³/mol. The molecule has 0 fully saturated rings. The molecule has 0 saturated carbocycles. The molecular formula is C19H20Cl6N4O4. The second-order valence-electron chi connectivity index (χ2n) is 6.44. The first-order valence-corrected chi connectivity index (χ1v) is 11.9. The van der Waals surface area contributed by atoms with Gasteiger partial charge >= 0.3 is 11.9 Å². The van der Waals surface area contributed by atoms with Crippen LogP contribution in [-0.2, 0) is 19.1 Å². The molecular weight excluding hydrogens is 561 g/mol. The van der Waals surface area contributed by atoms with E-state index in [-0.39, 0.29) is 24.9 Å². The van der Waals surface area contributed by atoms with Crippen LogP contribution < -0.4 is 0 Å². The van der Waals surface area contributed by atoms with E-state index in [1.54, 1.807) is 44.2 Å². The zero-order valence-electron chi connectivity index (χ0n) is 17.5. The van der Waals surface area contributed by atoms with Crippen molar-refractivity contribution in [1.82, 2.24) is 10.0 Å². The van der Waals surface area contributed by atoms with Crippen molar-refractivity contribution in [2.45, 2.75) is 27.6 Å². The van der Waals surface area contributed by atoms with Crippen LogP contribution in [0.1, 0.15) is 19.4 Å². The summed E-state index contributed by atoms with van der Waals surface area (Å²) in [7, 11) is 0. The fourth-order valence-electron chi connectivity index (χ4n) is 2.81. The van der Waals surface area contributed by atoms with E-state index in [2.05, 4.69) is 9.98 Å². The van der Waals surface area contributed by atoms with E-state index in [1.165, 1.54) is 0 Å². The van der Waals surface area contributed by atoms with E-state index < -0.39 is 38.8 Å². The normalized spacial score (nSPS) is 16.9. The van der Waals surface area contributed by atoms with Crippen LogP contribution in [-0.4, -0.2) is 73.7 Å². The van der Waals surface area contributed by atoms with Crippen molar-refractivity contribution in [3.63, 3.8) is 0 Å². The quantitative estimate of drug-likeness (QED) is 0.331. The van der Waals surface area contributed by atoms with Gasteiger partial charge in [-0.2, -0.15) is 5.01 Å². The lowest BCUT2D eigenvalue weighted by molar-refractivity contribution is -0.155. The molecule has 0 radical (unpaired) electrons. The summed E-state index contributed by atoms with van der Waals surface area (Å²) < 4.78 is 5.75. The van der Waals surface area contributed by atoms with E-state index in [4.69, 9.17) is 79.1 Å². The Morgan fingerprint density at radius 2 is 1.48 bits per heavy atom. The summed E-state index contributed by atoms with van der Waals surface area (Å²) in [6, 6.07) is 8.75. The summed E-state index contributed by atoms with van der Waals surface area (Å²) >= 11 is 37.4. The molecule has 0 N–H and O–H groups in total. The number of aliphatic imine (C=N–C) groups is 2. The summed E-state index contributed by atoms with van der Waals surface area (Å²) in [4.78, 5) is 33.4. The third-order valence-electron chi connectivity index (χ3n) is 4.02. The highest BCUT2D eigenvalue weighted by Gasteiger charge is 2.49. The van der Waals surface area contributed by atoms with Crippen LogP contribution in [0.4, 0.5) is 0 Å². The molecule has 0 spiro atoms. The van der Waals surface area contributed by atoms with Crippen molar-refractivity contribution in [3.05, 3.63) is 35.9 Å². The largest absolute Gasteiger partial charge is 0.465 e. The van der Waals surface area contributed by atoms with Crippen LogP contribution in [0.25, 0.3) is 0 Å². The Kier molecular flexibility index (Phi) is 10.4. The number of esters is 2.